The van der Waals surface area contributed by atoms with Gasteiger partial charge in [-0.05, 0) is 12.1 Å². The predicted molar refractivity (Wildman–Crippen MR) is 65.4 cm³/mol. The van der Waals surface area contributed by atoms with E-state index in [4.69, 9.17) is 17.3 Å². The van der Waals surface area contributed by atoms with Crippen molar-refractivity contribution in [2.45, 2.75) is 0 Å². The van der Waals surface area contributed by atoms with Crippen LogP contribution in [0, 0.1) is 6.07 Å². The molecule has 6 heteroatoms. The Hall–Kier alpha value is -2.14. The van der Waals surface area contributed by atoms with E-state index in [1.54, 1.807) is 18.3 Å². The minimum Gasteiger partial charge on any atom is -0.397 e. The summed E-state index contributed by atoms with van der Waals surface area (Å²) in [4.78, 5) is 8.54. The minimum atomic E-state index is 0.357. The summed E-state index contributed by atoms with van der Waals surface area (Å²) in [6.45, 7) is 0. The summed E-state index contributed by atoms with van der Waals surface area (Å²) < 4.78 is 0. The van der Waals surface area contributed by atoms with Gasteiger partial charge in [-0.2, -0.15) is 5.10 Å². The Labute approximate surface area is 102 Å². The van der Waals surface area contributed by atoms with E-state index in [-0.39, 0.29) is 0 Å². The number of aromatic nitrogens is 4. The molecule has 3 aromatic heterocycles. The quantitative estimate of drug-likeness (QED) is 0.642. The molecule has 0 aliphatic heterocycles. The van der Waals surface area contributed by atoms with Crippen LogP contribution in [0.25, 0.3) is 22.4 Å². The number of rotatable bonds is 1. The number of anilines is 1. The minimum absolute atomic E-state index is 0.357. The first-order chi connectivity index (χ1) is 8.24. The van der Waals surface area contributed by atoms with Gasteiger partial charge in [0.15, 0.2) is 0 Å². The van der Waals surface area contributed by atoms with Crippen LogP contribution in [0.1, 0.15) is 0 Å². The lowest BCUT2D eigenvalue weighted by Crippen LogP contribution is -1.94. The highest BCUT2D eigenvalue weighted by Crippen LogP contribution is 2.24. The molecule has 17 heavy (non-hydrogen) atoms. The Morgan fingerprint density at radius 1 is 1.29 bits per heavy atom. The zero-order chi connectivity index (χ0) is 11.8. The van der Waals surface area contributed by atoms with Crippen molar-refractivity contribution in [3.05, 3.63) is 35.6 Å². The van der Waals surface area contributed by atoms with Crippen molar-refractivity contribution in [3.8, 4) is 11.4 Å². The largest absolute Gasteiger partial charge is 0.397 e. The maximum absolute atomic E-state index is 5.85. The zero-order valence-electron chi connectivity index (χ0n) is 8.61. The molecule has 0 saturated carbocycles. The number of pyridine rings is 2. The Balaban J connectivity index is 2.26. The van der Waals surface area contributed by atoms with E-state index in [0.717, 1.165) is 0 Å². The monoisotopic (exact) mass is 244 g/mol. The molecule has 0 fully saturated rings. The van der Waals surface area contributed by atoms with E-state index in [0.29, 0.717) is 33.3 Å². The van der Waals surface area contributed by atoms with E-state index >= 15 is 0 Å². The lowest BCUT2D eigenvalue weighted by atomic mass is 10.2. The van der Waals surface area contributed by atoms with Crippen LogP contribution >= 0.6 is 11.6 Å². The summed E-state index contributed by atoms with van der Waals surface area (Å²) in [7, 11) is 0. The molecule has 1 radical (unpaired) electrons. The third-order valence-corrected chi connectivity index (χ3v) is 2.54. The fraction of sp³-hybridized carbons (Fsp3) is 0. The average Bonchev–Trinajstić information content (AvgIpc) is 2.82. The fourth-order valence-corrected chi connectivity index (χ4v) is 1.80. The highest BCUT2D eigenvalue weighted by Gasteiger charge is 2.07. The lowest BCUT2D eigenvalue weighted by molar-refractivity contribution is 1.09. The van der Waals surface area contributed by atoms with Gasteiger partial charge in [-0.15, -0.1) is 0 Å². The number of nitrogens with one attached hydrogen (secondary N) is 1. The van der Waals surface area contributed by atoms with E-state index < -0.39 is 0 Å². The first-order valence-corrected chi connectivity index (χ1v) is 5.26. The number of aromatic amines is 1. The molecule has 0 unspecified atom stereocenters. The van der Waals surface area contributed by atoms with Crippen LogP contribution in [0.4, 0.5) is 5.69 Å². The van der Waals surface area contributed by atoms with Crippen LogP contribution in [0.3, 0.4) is 0 Å². The van der Waals surface area contributed by atoms with Crippen LogP contribution in [-0.4, -0.2) is 20.2 Å². The van der Waals surface area contributed by atoms with Gasteiger partial charge in [-0.25, -0.2) is 9.97 Å². The second-order valence-electron chi connectivity index (χ2n) is 3.48. The molecule has 0 bridgehead atoms. The molecule has 5 nitrogen and oxygen atoms in total. The topological polar surface area (TPSA) is 80.5 Å². The standard InChI is InChI=1S/C11H7ClN5/c12-10-5-6(13)11-9(15-10)2-1-7(16-11)8-3-4-14-17-8/h1-2,4-5H,(H2,13,15)(H,14,17). The second-order valence-corrected chi connectivity index (χ2v) is 3.86. The van der Waals surface area contributed by atoms with E-state index in [1.807, 2.05) is 6.07 Å². The Morgan fingerprint density at radius 2 is 2.18 bits per heavy atom. The van der Waals surface area contributed by atoms with Crippen molar-refractivity contribution < 1.29 is 0 Å². The molecule has 3 aromatic rings. The molecule has 0 saturated heterocycles. The van der Waals surface area contributed by atoms with Crippen LogP contribution in [0.5, 0.6) is 0 Å². The third kappa shape index (κ3) is 1.70. The molecule has 3 rings (SSSR count). The van der Waals surface area contributed by atoms with Gasteiger partial charge in [0, 0.05) is 18.3 Å². The molecule has 0 aromatic carbocycles. The number of nitrogens with zero attached hydrogens (tertiary/aromatic N) is 3. The van der Waals surface area contributed by atoms with Crippen molar-refractivity contribution in [1.29, 1.82) is 0 Å². The van der Waals surface area contributed by atoms with Crippen LogP contribution < -0.4 is 5.73 Å². The van der Waals surface area contributed by atoms with Crippen molar-refractivity contribution in [3.63, 3.8) is 0 Å². The van der Waals surface area contributed by atoms with Crippen molar-refractivity contribution in [2.75, 3.05) is 5.73 Å². The Bertz CT molecular complexity index is 678. The van der Waals surface area contributed by atoms with Gasteiger partial charge >= 0.3 is 0 Å². The number of H-pyrrole nitrogens is 1. The second kappa shape index (κ2) is 3.71. The first-order valence-electron chi connectivity index (χ1n) is 4.88. The number of halogens is 1. The van der Waals surface area contributed by atoms with Gasteiger partial charge in [0.2, 0.25) is 0 Å². The third-order valence-electron chi connectivity index (χ3n) is 2.34. The van der Waals surface area contributed by atoms with Gasteiger partial charge in [0.05, 0.1) is 16.9 Å². The maximum Gasteiger partial charge on any atom is 0.131 e. The molecule has 0 aliphatic carbocycles. The lowest BCUT2D eigenvalue weighted by Gasteiger charge is -2.03. The summed E-state index contributed by atoms with van der Waals surface area (Å²) in [6.07, 6.45) is 1.62. The molecule has 0 amide bonds. The SMILES string of the molecule is Nc1cc(Cl)nc2ccc(-c3[c]c[nH]n3)nc12. The van der Waals surface area contributed by atoms with E-state index in [9.17, 15) is 0 Å². The fourth-order valence-electron chi connectivity index (χ4n) is 1.59. The zero-order valence-corrected chi connectivity index (χ0v) is 9.36. The summed E-state index contributed by atoms with van der Waals surface area (Å²) in [5.74, 6) is 0. The Kier molecular flexibility index (Phi) is 2.19. The van der Waals surface area contributed by atoms with E-state index in [1.165, 1.54) is 0 Å². The van der Waals surface area contributed by atoms with Crippen molar-refractivity contribution in [1.82, 2.24) is 20.2 Å². The molecule has 0 spiro atoms. The van der Waals surface area contributed by atoms with Crippen molar-refractivity contribution >= 4 is 28.3 Å². The summed E-state index contributed by atoms with van der Waals surface area (Å²) in [5, 5.41) is 7.05. The number of nitrogen functional groups attached to an aromatic ring is 1. The van der Waals surface area contributed by atoms with Gasteiger partial charge in [0.25, 0.3) is 0 Å². The molecular formula is C11H7ClN5. The number of nitrogens with two attached hydrogens (primary N) is 1. The molecule has 0 aliphatic rings. The first kappa shape index (κ1) is 10.0. The normalized spacial score (nSPS) is 10.9. The van der Waals surface area contributed by atoms with Gasteiger partial charge in [-0.3, -0.25) is 5.10 Å². The summed E-state index contributed by atoms with van der Waals surface area (Å²) >= 11 is 5.82. The van der Waals surface area contributed by atoms with Crippen LogP contribution in [0.15, 0.2) is 24.4 Å². The van der Waals surface area contributed by atoms with Gasteiger partial charge < -0.3 is 5.73 Å². The van der Waals surface area contributed by atoms with Gasteiger partial charge in [0.1, 0.15) is 16.4 Å². The molecule has 3 heterocycles. The predicted octanol–water partition coefficient (Wildman–Crippen LogP) is 2.06. The van der Waals surface area contributed by atoms with Crippen molar-refractivity contribution in [2.24, 2.45) is 0 Å². The number of hydrogen-bond acceptors (Lipinski definition) is 4. The molecule has 0 atom stereocenters. The molecular weight excluding hydrogens is 238 g/mol. The molecule has 83 valence electrons. The van der Waals surface area contributed by atoms with Crippen LogP contribution in [0.2, 0.25) is 5.15 Å². The smallest absolute Gasteiger partial charge is 0.131 e. The average molecular weight is 245 g/mol. The highest BCUT2D eigenvalue weighted by molar-refractivity contribution is 6.30. The summed E-state index contributed by atoms with van der Waals surface area (Å²) in [6, 6.07) is 8.12. The number of hydrogen-bond donors (Lipinski definition) is 2. The van der Waals surface area contributed by atoms with E-state index in [2.05, 4.69) is 26.2 Å². The van der Waals surface area contributed by atoms with Gasteiger partial charge in [-0.1, -0.05) is 11.6 Å². The highest BCUT2D eigenvalue weighted by atomic mass is 35.5. The van der Waals surface area contributed by atoms with Crippen LogP contribution in [-0.2, 0) is 0 Å². The summed E-state index contributed by atoms with van der Waals surface area (Å²) in [5.41, 5.74) is 8.96. The number of fused-ring (bicyclic) bond motifs is 1. The molecule has 3 N–H and O–H groups in total. The Morgan fingerprint density at radius 3 is 2.94 bits per heavy atom. The maximum atomic E-state index is 5.85.